The maximum absolute atomic E-state index is 12.0. The van der Waals surface area contributed by atoms with Gasteiger partial charge in [0, 0.05) is 23.5 Å². The van der Waals surface area contributed by atoms with Gasteiger partial charge in [-0.3, -0.25) is 9.59 Å². The number of hydrogen-bond acceptors (Lipinski definition) is 4. The number of carbonyl (C=O) groups excluding carboxylic acids is 2. The molecule has 0 saturated carbocycles. The van der Waals surface area contributed by atoms with Crippen molar-refractivity contribution >= 4 is 23.2 Å². The molecule has 0 radical (unpaired) electrons. The van der Waals surface area contributed by atoms with E-state index in [2.05, 4.69) is 16.0 Å². The Morgan fingerprint density at radius 1 is 1.00 bits per heavy atom. The summed E-state index contributed by atoms with van der Waals surface area (Å²) in [4.78, 5) is 23.9. The van der Waals surface area contributed by atoms with Crippen molar-refractivity contribution in [1.29, 1.82) is 0 Å². The number of rotatable bonds is 8. The number of carbonyl (C=O) groups is 2. The molecule has 2 aromatic carbocycles. The van der Waals surface area contributed by atoms with Gasteiger partial charge in [-0.25, -0.2) is 0 Å². The first-order valence-corrected chi connectivity index (χ1v) is 8.27. The molecule has 2 amide bonds. The number of amides is 2. The van der Waals surface area contributed by atoms with Crippen LogP contribution in [0.25, 0.3) is 0 Å². The van der Waals surface area contributed by atoms with E-state index in [-0.39, 0.29) is 18.4 Å². The molecule has 0 heterocycles. The minimum Gasteiger partial charge on any atom is -0.494 e. The fraction of sp³-hybridized carbons (Fsp3) is 0.263. The van der Waals surface area contributed by atoms with E-state index in [1.165, 1.54) is 0 Å². The molecule has 0 saturated heterocycles. The van der Waals surface area contributed by atoms with Crippen molar-refractivity contribution in [1.82, 2.24) is 5.32 Å². The molecule has 2 aromatic rings. The molecule has 0 unspecified atom stereocenters. The summed E-state index contributed by atoms with van der Waals surface area (Å²) in [5, 5.41) is 8.56. The summed E-state index contributed by atoms with van der Waals surface area (Å²) in [6, 6.07) is 14.2. The second-order valence-corrected chi connectivity index (χ2v) is 5.30. The van der Waals surface area contributed by atoms with Crippen LogP contribution in [0.15, 0.2) is 48.5 Å². The molecule has 0 aliphatic carbocycles. The second-order valence-electron chi connectivity index (χ2n) is 5.30. The van der Waals surface area contributed by atoms with E-state index >= 15 is 0 Å². The average Bonchev–Trinajstić information content (AvgIpc) is 2.62. The van der Waals surface area contributed by atoms with Crippen molar-refractivity contribution in [3.63, 3.8) is 0 Å². The minimum absolute atomic E-state index is 0.103. The highest BCUT2D eigenvalue weighted by Crippen LogP contribution is 2.15. The van der Waals surface area contributed by atoms with E-state index in [0.717, 1.165) is 5.75 Å². The molecule has 0 aromatic heterocycles. The topological polar surface area (TPSA) is 79.5 Å². The molecule has 3 N–H and O–H groups in total. The Kier molecular flexibility index (Phi) is 6.83. The molecular weight excluding hydrogens is 318 g/mol. The maximum Gasteiger partial charge on any atom is 0.251 e. The SMILES string of the molecule is CCNC(=O)c1cccc(NCC(=O)Nc2ccc(OCC)cc2)c1. The summed E-state index contributed by atoms with van der Waals surface area (Å²) < 4.78 is 5.36. The van der Waals surface area contributed by atoms with Gasteiger partial charge in [0.1, 0.15) is 5.75 Å². The van der Waals surface area contributed by atoms with Gasteiger partial charge in [0.05, 0.1) is 13.2 Å². The molecular formula is C19H23N3O3. The Hall–Kier alpha value is -3.02. The number of nitrogens with one attached hydrogen (secondary N) is 3. The van der Waals surface area contributed by atoms with Crippen LogP contribution in [0.2, 0.25) is 0 Å². The Bertz CT molecular complexity index is 714. The van der Waals surface area contributed by atoms with Gasteiger partial charge < -0.3 is 20.7 Å². The predicted molar refractivity (Wildman–Crippen MR) is 99.2 cm³/mol. The average molecular weight is 341 g/mol. The number of ether oxygens (including phenoxy) is 1. The zero-order chi connectivity index (χ0) is 18.1. The van der Waals surface area contributed by atoms with Crippen LogP contribution in [0, 0.1) is 0 Å². The van der Waals surface area contributed by atoms with E-state index in [4.69, 9.17) is 4.74 Å². The van der Waals surface area contributed by atoms with E-state index < -0.39 is 0 Å². The molecule has 0 aliphatic heterocycles. The Balaban J connectivity index is 1.87. The van der Waals surface area contributed by atoms with E-state index in [1.54, 1.807) is 30.3 Å². The fourth-order valence-electron chi connectivity index (χ4n) is 2.22. The summed E-state index contributed by atoms with van der Waals surface area (Å²) in [6.45, 7) is 5.06. The van der Waals surface area contributed by atoms with Gasteiger partial charge in [0.25, 0.3) is 5.91 Å². The molecule has 0 aliphatic rings. The lowest BCUT2D eigenvalue weighted by Gasteiger charge is -2.10. The van der Waals surface area contributed by atoms with Crippen molar-refractivity contribution in [3.05, 3.63) is 54.1 Å². The van der Waals surface area contributed by atoms with Crippen LogP contribution >= 0.6 is 0 Å². The number of anilines is 2. The van der Waals surface area contributed by atoms with Crippen LogP contribution in [0.1, 0.15) is 24.2 Å². The van der Waals surface area contributed by atoms with Crippen LogP contribution in [0.4, 0.5) is 11.4 Å². The number of benzene rings is 2. The van der Waals surface area contributed by atoms with Crippen LogP contribution in [-0.2, 0) is 4.79 Å². The van der Waals surface area contributed by atoms with Gasteiger partial charge in [-0.05, 0) is 56.3 Å². The smallest absolute Gasteiger partial charge is 0.251 e. The van der Waals surface area contributed by atoms with Crippen molar-refractivity contribution in [2.75, 3.05) is 30.3 Å². The summed E-state index contributed by atoms with van der Waals surface area (Å²) in [6.07, 6.45) is 0. The van der Waals surface area contributed by atoms with E-state index in [9.17, 15) is 9.59 Å². The molecule has 0 spiro atoms. The molecule has 25 heavy (non-hydrogen) atoms. The van der Waals surface area contributed by atoms with Crippen molar-refractivity contribution in [3.8, 4) is 5.75 Å². The quantitative estimate of drug-likeness (QED) is 0.690. The summed E-state index contributed by atoms with van der Waals surface area (Å²) >= 11 is 0. The standard InChI is InChI=1S/C19H23N3O3/c1-3-20-19(24)14-6-5-7-16(12-14)21-13-18(23)22-15-8-10-17(11-9-15)25-4-2/h5-12,21H,3-4,13H2,1-2H3,(H,20,24)(H,22,23). The van der Waals surface area contributed by atoms with Gasteiger partial charge in [-0.15, -0.1) is 0 Å². The first kappa shape index (κ1) is 18.3. The minimum atomic E-state index is -0.174. The van der Waals surface area contributed by atoms with Crippen LogP contribution < -0.4 is 20.7 Å². The van der Waals surface area contributed by atoms with Gasteiger partial charge in [0.2, 0.25) is 5.91 Å². The third-order valence-corrected chi connectivity index (χ3v) is 3.36. The molecule has 6 heteroatoms. The number of hydrogen-bond donors (Lipinski definition) is 3. The Labute approximate surface area is 147 Å². The summed E-state index contributed by atoms with van der Waals surface area (Å²) in [7, 11) is 0. The van der Waals surface area contributed by atoms with E-state index in [1.807, 2.05) is 32.0 Å². The van der Waals surface area contributed by atoms with Gasteiger partial charge in [-0.1, -0.05) is 6.07 Å². The van der Waals surface area contributed by atoms with Crippen LogP contribution in [-0.4, -0.2) is 31.5 Å². The summed E-state index contributed by atoms with van der Waals surface area (Å²) in [5.41, 5.74) is 1.97. The van der Waals surface area contributed by atoms with E-state index in [0.29, 0.717) is 30.1 Å². The molecule has 0 fully saturated rings. The largest absolute Gasteiger partial charge is 0.494 e. The normalized spacial score (nSPS) is 10.0. The highest BCUT2D eigenvalue weighted by atomic mass is 16.5. The lowest BCUT2D eigenvalue weighted by atomic mass is 10.2. The zero-order valence-corrected chi connectivity index (χ0v) is 14.5. The monoisotopic (exact) mass is 341 g/mol. The lowest BCUT2D eigenvalue weighted by molar-refractivity contribution is -0.114. The first-order chi connectivity index (χ1) is 12.1. The molecule has 6 nitrogen and oxygen atoms in total. The first-order valence-electron chi connectivity index (χ1n) is 8.27. The predicted octanol–water partition coefficient (Wildman–Crippen LogP) is 2.89. The highest BCUT2D eigenvalue weighted by Gasteiger charge is 2.06. The molecule has 2 rings (SSSR count). The third-order valence-electron chi connectivity index (χ3n) is 3.36. The van der Waals surface area contributed by atoms with Gasteiger partial charge >= 0.3 is 0 Å². The third kappa shape index (κ3) is 5.84. The summed E-state index contributed by atoms with van der Waals surface area (Å²) in [5.74, 6) is 0.457. The Morgan fingerprint density at radius 3 is 2.44 bits per heavy atom. The highest BCUT2D eigenvalue weighted by molar-refractivity contribution is 5.96. The Morgan fingerprint density at radius 2 is 1.76 bits per heavy atom. The van der Waals surface area contributed by atoms with Gasteiger partial charge in [0.15, 0.2) is 0 Å². The van der Waals surface area contributed by atoms with Gasteiger partial charge in [-0.2, -0.15) is 0 Å². The van der Waals surface area contributed by atoms with Crippen LogP contribution in [0.5, 0.6) is 5.75 Å². The lowest BCUT2D eigenvalue weighted by Crippen LogP contribution is -2.23. The molecule has 0 bridgehead atoms. The van der Waals surface area contributed by atoms with Crippen LogP contribution in [0.3, 0.4) is 0 Å². The van der Waals surface area contributed by atoms with Crippen molar-refractivity contribution in [2.45, 2.75) is 13.8 Å². The second kappa shape index (κ2) is 9.32. The van der Waals surface area contributed by atoms with Crippen molar-refractivity contribution < 1.29 is 14.3 Å². The zero-order valence-electron chi connectivity index (χ0n) is 14.5. The van der Waals surface area contributed by atoms with Crippen molar-refractivity contribution in [2.24, 2.45) is 0 Å². The molecule has 0 atom stereocenters. The maximum atomic E-state index is 12.0. The fourth-order valence-corrected chi connectivity index (χ4v) is 2.22. The molecule has 132 valence electrons.